The van der Waals surface area contributed by atoms with Crippen molar-refractivity contribution < 1.29 is 9.53 Å². The predicted octanol–water partition coefficient (Wildman–Crippen LogP) is 1.04. The third-order valence-corrected chi connectivity index (χ3v) is 1.70. The number of nitriles is 1. The normalized spacial score (nSPS) is 9.14. The molecule has 0 aliphatic rings. The Kier molecular flexibility index (Phi) is 3.65. The summed E-state index contributed by atoms with van der Waals surface area (Å²) >= 11 is 0. The van der Waals surface area contributed by atoms with Crippen LogP contribution in [0.3, 0.4) is 0 Å². The van der Waals surface area contributed by atoms with E-state index in [0.717, 1.165) is 5.56 Å². The molecule has 0 aromatic heterocycles. The zero-order valence-electron chi connectivity index (χ0n) is 7.78. The Labute approximate surface area is 82.1 Å². The topological polar surface area (TPSA) is 62.1 Å². The van der Waals surface area contributed by atoms with E-state index >= 15 is 0 Å². The maximum atomic E-state index is 11.1. The van der Waals surface area contributed by atoms with Crippen molar-refractivity contribution in [2.45, 2.75) is 6.61 Å². The molecule has 0 aliphatic carbocycles. The monoisotopic (exact) mass is 190 g/mol. The number of rotatable bonds is 3. The van der Waals surface area contributed by atoms with Gasteiger partial charge in [0.2, 0.25) is 0 Å². The first-order valence-electron chi connectivity index (χ1n) is 4.05. The second-order valence-electron chi connectivity index (χ2n) is 2.70. The van der Waals surface area contributed by atoms with Gasteiger partial charge in [0.15, 0.2) is 6.19 Å². The van der Waals surface area contributed by atoms with E-state index in [1.165, 1.54) is 0 Å². The fourth-order valence-electron chi connectivity index (χ4n) is 1.04. The lowest BCUT2D eigenvalue weighted by Gasteiger charge is -2.00. The Morgan fingerprint density at radius 2 is 2.14 bits per heavy atom. The van der Waals surface area contributed by atoms with Crippen molar-refractivity contribution in [2.75, 3.05) is 7.11 Å². The van der Waals surface area contributed by atoms with E-state index in [1.807, 2.05) is 5.32 Å². The quantitative estimate of drug-likeness (QED) is 0.572. The van der Waals surface area contributed by atoms with Crippen LogP contribution < -0.4 is 5.32 Å². The molecule has 1 N–H and O–H groups in total. The molecule has 1 aromatic carbocycles. The molecule has 0 aliphatic heterocycles. The van der Waals surface area contributed by atoms with Gasteiger partial charge in [0.1, 0.15) is 0 Å². The predicted molar refractivity (Wildman–Crippen MR) is 50.2 cm³/mol. The molecule has 0 bridgehead atoms. The molecule has 0 spiro atoms. The molecule has 4 heteroatoms. The molecule has 0 saturated heterocycles. The number of methoxy groups -OCH3 is 1. The molecule has 1 rings (SSSR count). The van der Waals surface area contributed by atoms with E-state index in [1.54, 1.807) is 37.6 Å². The lowest BCUT2D eigenvalue weighted by Crippen LogP contribution is -2.17. The highest BCUT2D eigenvalue weighted by Gasteiger charge is 2.03. The molecule has 0 saturated carbocycles. The molecule has 4 nitrogen and oxygen atoms in total. The van der Waals surface area contributed by atoms with Gasteiger partial charge >= 0.3 is 0 Å². The number of amides is 1. The zero-order chi connectivity index (χ0) is 10.4. The molecule has 1 aromatic rings. The van der Waals surface area contributed by atoms with Gasteiger partial charge in [-0.2, -0.15) is 5.26 Å². The van der Waals surface area contributed by atoms with Gasteiger partial charge in [-0.15, -0.1) is 0 Å². The van der Waals surface area contributed by atoms with Gasteiger partial charge in [-0.25, -0.2) is 0 Å². The maximum absolute atomic E-state index is 11.1. The van der Waals surface area contributed by atoms with Crippen molar-refractivity contribution in [2.24, 2.45) is 0 Å². The third-order valence-electron chi connectivity index (χ3n) is 1.70. The smallest absolute Gasteiger partial charge is 0.264 e. The number of nitrogens with zero attached hydrogens (tertiary/aromatic N) is 1. The van der Waals surface area contributed by atoms with Crippen molar-refractivity contribution in [3.63, 3.8) is 0 Å². The molecule has 0 heterocycles. The summed E-state index contributed by atoms with van der Waals surface area (Å²) in [5.41, 5.74) is 1.45. The lowest BCUT2D eigenvalue weighted by atomic mass is 10.1. The van der Waals surface area contributed by atoms with Crippen LogP contribution in [0, 0.1) is 11.5 Å². The second kappa shape index (κ2) is 5.00. The van der Waals surface area contributed by atoms with Gasteiger partial charge in [-0.1, -0.05) is 12.1 Å². The molecule has 0 fully saturated rings. The van der Waals surface area contributed by atoms with E-state index in [9.17, 15) is 4.79 Å². The summed E-state index contributed by atoms with van der Waals surface area (Å²) in [6.07, 6.45) is 1.58. The number of hydrogen-bond donors (Lipinski definition) is 1. The van der Waals surface area contributed by atoms with Crippen LogP contribution in [0.15, 0.2) is 24.3 Å². The van der Waals surface area contributed by atoms with Crippen LogP contribution in [0.1, 0.15) is 15.9 Å². The van der Waals surface area contributed by atoms with Crippen LogP contribution >= 0.6 is 0 Å². The SMILES string of the molecule is COCc1ccc(C(=O)NC#N)cc1. The van der Waals surface area contributed by atoms with Crippen molar-refractivity contribution in [3.8, 4) is 6.19 Å². The summed E-state index contributed by atoms with van der Waals surface area (Å²) < 4.78 is 4.92. The largest absolute Gasteiger partial charge is 0.380 e. The minimum Gasteiger partial charge on any atom is -0.380 e. The molecule has 0 atom stereocenters. The van der Waals surface area contributed by atoms with Crippen LogP contribution in [0.2, 0.25) is 0 Å². The Morgan fingerprint density at radius 1 is 1.50 bits per heavy atom. The summed E-state index contributed by atoms with van der Waals surface area (Å²) in [5.74, 6) is -0.392. The van der Waals surface area contributed by atoms with Crippen LogP contribution in [0.4, 0.5) is 0 Å². The molecule has 14 heavy (non-hydrogen) atoms. The summed E-state index contributed by atoms with van der Waals surface area (Å²) in [5, 5.41) is 10.3. The Morgan fingerprint density at radius 3 is 2.64 bits per heavy atom. The number of hydrogen-bond acceptors (Lipinski definition) is 3. The fraction of sp³-hybridized carbons (Fsp3) is 0.200. The molecular weight excluding hydrogens is 180 g/mol. The maximum Gasteiger partial charge on any atom is 0.264 e. The summed E-state index contributed by atoms with van der Waals surface area (Å²) in [4.78, 5) is 11.1. The lowest BCUT2D eigenvalue weighted by molar-refractivity contribution is 0.0973. The Balaban J connectivity index is 2.73. The van der Waals surface area contributed by atoms with Crippen LogP contribution in [-0.2, 0) is 11.3 Å². The first-order chi connectivity index (χ1) is 6.77. The number of nitrogens with one attached hydrogen (secondary N) is 1. The first-order valence-corrected chi connectivity index (χ1v) is 4.05. The van der Waals surface area contributed by atoms with Gasteiger partial charge in [-0.05, 0) is 17.7 Å². The zero-order valence-corrected chi connectivity index (χ0v) is 7.78. The van der Waals surface area contributed by atoms with Crippen LogP contribution in [-0.4, -0.2) is 13.0 Å². The van der Waals surface area contributed by atoms with E-state index in [0.29, 0.717) is 12.2 Å². The Bertz CT molecular complexity index is 351. The number of benzene rings is 1. The van der Waals surface area contributed by atoms with Crippen molar-refractivity contribution >= 4 is 5.91 Å². The number of carbonyl (C=O) groups excluding carboxylic acids is 1. The molecular formula is C10H10N2O2. The van der Waals surface area contributed by atoms with Gasteiger partial charge in [-0.3, -0.25) is 10.1 Å². The van der Waals surface area contributed by atoms with Gasteiger partial charge in [0.25, 0.3) is 5.91 Å². The summed E-state index contributed by atoms with van der Waals surface area (Å²) in [7, 11) is 1.61. The third kappa shape index (κ3) is 2.57. The van der Waals surface area contributed by atoms with Gasteiger partial charge in [0, 0.05) is 12.7 Å². The fourth-order valence-corrected chi connectivity index (χ4v) is 1.04. The van der Waals surface area contributed by atoms with Crippen molar-refractivity contribution in [3.05, 3.63) is 35.4 Å². The average Bonchev–Trinajstić information content (AvgIpc) is 2.20. The summed E-state index contributed by atoms with van der Waals surface area (Å²) in [6.45, 7) is 0.514. The number of ether oxygens (including phenoxy) is 1. The number of carbonyl (C=O) groups is 1. The van der Waals surface area contributed by atoms with Crippen LogP contribution in [0.5, 0.6) is 0 Å². The van der Waals surface area contributed by atoms with E-state index in [4.69, 9.17) is 10.00 Å². The highest BCUT2D eigenvalue weighted by atomic mass is 16.5. The molecule has 0 radical (unpaired) electrons. The molecule has 1 amide bonds. The first kappa shape index (κ1) is 10.2. The minimum absolute atomic E-state index is 0.392. The Hall–Kier alpha value is -1.86. The van der Waals surface area contributed by atoms with Crippen LogP contribution in [0.25, 0.3) is 0 Å². The van der Waals surface area contributed by atoms with Crippen molar-refractivity contribution in [1.29, 1.82) is 5.26 Å². The van der Waals surface area contributed by atoms with Crippen molar-refractivity contribution in [1.82, 2.24) is 5.32 Å². The molecule has 0 unspecified atom stereocenters. The molecule has 72 valence electrons. The minimum atomic E-state index is -0.392. The van der Waals surface area contributed by atoms with Gasteiger partial charge in [0.05, 0.1) is 6.61 Å². The average molecular weight is 190 g/mol. The highest BCUT2D eigenvalue weighted by Crippen LogP contribution is 2.05. The summed E-state index contributed by atoms with van der Waals surface area (Å²) in [6, 6.07) is 6.88. The van der Waals surface area contributed by atoms with E-state index in [-0.39, 0.29) is 0 Å². The second-order valence-corrected chi connectivity index (χ2v) is 2.70. The van der Waals surface area contributed by atoms with Gasteiger partial charge < -0.3 is 4.74 Å². The standard InChI is InChI=1S/C10H10N2O2/c1-14-6-8-2-4-9(5-3-8)10(13)12-7-11/h2-5H,6H2,1H3,(H,12,13). The van der Waals surface area contributed by atoms with E-state index < -0.39 is 5.91 Å². The highest BCUT2D eigenvalue weighted by molar-refractivity contribution is 5.95. The van der Waals surface area contributed by atoms with E-state index in [2.05, 4.69) is 0 Å².